The van der Waals surface area contributed by atoms with Gasteiger partial charge in [-0.2, -0.15) is 5.10 Å². The van der Waals surface area contributed by atoms with Crippen LogP contribution in [0.15, 0.2) is 6.20 Å². The fraction of sp³-hybridized carbons (Fsp3) is 0.800. The van der Waals surface area contributed by atoms with Gasteiger partial charge in [-0.1, -0.05) is 31.4 Å². The summed E-state index contributed by atoms with van der Waals surface area (Å²) in [4.78, 5) is 2.15. The summed E-state index contributed by atoms with van der Waals surface area (Å²) in [5.41, 5.74) is 4.04. The molecule has 6 heteroatoms. The molecular formula is C15H28ClN5. The largest absolute Gasteiger partial charge is 0.308 e. The monoisotopic (exact) mass is 313 g/mol. The Labute approximate surface area is 132 Å². The second kappa shape index (κ2) is 7.58. The van der Waals surface area contributed by atoms with Gasteiger partial charge in [-0.25, -0.2) is 0 Å². The van der Waals surface area contributed by atoms with Gasteiger partial charge in [0.25, 0.3) is 0 Å². The summed E-state index contributed by atoms with van der Waals surface area (Å²) in [5.74, 6) is 7.23. The average molecular weight is 314 g/mol. The first-order valence-electron chi connectivity index (χ1n) is 7.85. The molecule has 1 saturated carbocycles. The van der Waals surface area contributed by atoms with Crippen LogP contribution in [0.1, 0.15) is 44.3 Å². The highest BCUT2D eigenvalue weighted by molar-refractivity contribution is 6.31. The van der Waals surface area contributed by atoms with E-state index in [0.29, 0.717) is 5.92 Å². The fourth-order valence-corrected chi connectivity index (χ4v) is 3.47. The maximum atomic E-state index is 6.39. The lowest BCUT2D eigenvalue weighted by Crippen LogP contribution is -2.37. The lowest BCUT2D eigenvalue weighted by atomic mass is 9.78. The lowest BCUT2D eigenvalue weighted by molar-refractivity contribution is 0.223. The molecule has 0 radical (unpaired) electrons. The number of hydrazine groups is 1. The molecule has 0 bridgehead atoms. The number of hydrogen-bond acceptors (Lipinski definition) is 4. The van der Waals surface area contributed by atoms with E-state index in [1.165, 1.54) is 25.7 Å². The van der Waals surface area contributed by atoms with Gasteiger partial charge in [0.15, 0.2) is 0 Å². The molecule has 21 heavy (non-hydrogen) atoms. The Morgan fingerprint density at radius 3 is 2.67 bits per heavy atom. The predicted octanol–water partition coefficient (Wildman–Crippen LogP) is 2.43. The third-order valence-electron chi connectivity index (χ3n) is 4.60. The average Bonchev–Trinajstić information content (AvgIpc) is 2.81. The first-order valence-corrected chi connectivity index (χ1v) is 8.22. The topological polar surface area (TPSA) is 59.1 Å². The maximum Gasteiger partial charge on any atom is 0.0834 e. The molecule has 0 spiro atoms. The zero-order valence-corrected chi connectivity index (χ0v) is 14.1. The number of halogens is 1. The number of rotatable bonds is 6. The van der Waals surface area contributed by atoms with Crippen LogP contribution in [0, 0.1) is 11.8 Å². The minimum atomic E-state index is 0.0923. The van der Waals surface area contributed by atoms with Crippen molar-refractivity contribution >= 4 is 11.6 Å². The molecule has 1 unspecified atom stereocenters. The van der Waals surface area contributed by atoms with Crippen LogP contribution in [-0.2, 0) is 6.54 Å². The first-order chi connectivity index (χ1) is 10.0. The Bertz CT molecular complexity index is 437. The van der Waals surface area contributed by atoms with Crippen molar-refractivity contribution in [1.29, 1.82) is 0 Å². The fourth-order valence-electron chi connectivity index (χ4n) is 3.21. The van der Waals surface area contributed by atoms with Crippen LogP contribution < -0.4 is 11.3 Å². The molecule has 0 saturated heterocycles. The van der Waals surface area contributed by atoms with Crippen molar-refractivity contribution in [2.75, 3.05) is 20.6 Å². The molecule has 120 valence electrons. The van der Waals surface area contributed by atoms with E-state index in [4.69, 9.17) is 17.4 Å². The number of likely N-dealkylation sites (N-methyl/N-ethyl adjacent to an activating group) is 1. The third kappa shape index (κ3) is 4.19. The third-order valence-corrected chi connectivity index (χ3v) is 4.89. The van der Waals surface area contributed by atoms with Crippen molar-refractivity contribution in [3.63, 3.8) is 0 Å². The Hall–Kier alpha value is -0.620. The van der Waals surface area contributed by atoms with Gasteiger partial charge in [0.1, 0.15) is 0 Å². The van der Waals surface area contributed by atoms with E-state index in [2.05, 4.69) is 36.4 Å². The van der Waals surface area contributed by atoms with Crippen LogP contribution in [0.5, 0.6) is 0 Å². The molecule has 1 aliphatic carbocycles. The maximum absolute atomic E-state index is 6.39. The van der Waals surface area contributed by atoms with E-state index in [9.17, 15) is 0 Å². The standard InChI is InChI=1S/C15H28ClN5/c1-11-4-6-12(7-5-11)14(19-17)15-13(16)10-18-21(15)9-8-20(2)3/h10-12,14,19H,4-9,17H2,1-3H3. The number of nitrogens with two attached hydrogens (primary N) is 1. The Kier molecular flexibility index (Phi) is 6.05. The Balaban J connectivity index is 2.15. The minimum Gasteiger partial charge on any atom is -0.308 e. The number of nitrogens with one attached hydrogen (secondary N) is 1. The van der Waals surface area contributed by atoms with Crippen molar-refractivity contribution in [3.8, 4) is 0 Å². The van der Waals surface area contributed by atoms with E-state index in [1.807, 2.05) is 4.68 Å². The summed E-state index contributed by atoms with van der Waals surface area (Å²) in [5, 5.41) is 5.15. The molecule has 0 aliphatic heterocycles. The van der Waals surface area contributed by atoms with Crippen molar-refractivity contribution in [1.82, 2.24) is 20.1 Å². The van der Waals surface area contributed by atoms with E-state index in [1.54, 1.807) is 6.20 Å². The molecule has 0 aromatic carbocycles. The molecule has 1 aliphatic rings. The molecule has 1 atom stereocenters. The second-order valence-electron chi connectivity index (χ2n) is 6.57. The lowest BCUT2D eigenvalue weighted by Gasteiger charge is -2.33. The second-order valence-corrected chi connectivity index (χ2v) is 6.98. The van der Waals surface area contributed by atoms with Crippen molar-refractivity contribution < 1.29 is 0 Å². The Morgan fingerprint density at radius 1 is 1.43 bits per heavy atom. The summed E-state index contributed by atoms with van der Waals surface area (Å²) in [7, 11) is 4.12. The molecule has 1 fully saturated rings. The van der Waals surface area contributed by atoms with E-state index in [-0.39, 0.29) is 6.04 Å². The zero-order chi connectivity index (χ0) is 15.4. The van der Waals surface area contributed by atoms with Gasteiger partial charge < -0.3 is 4.90 Å². The molecule has 5 nitrogen and oxygen atoms in total. The van der Waals surface area contributed by atoms with Crippen LogP contribution in [0.25, 0.3) is 0 Å². The van der Waals surface area contributed by atoms with E-state index < -0.39 is 0 Å². The summed E-state index contributed by atoms with van der Waals surface area (Å²) in [6, 6.07) is 0.0923. The van der Waals surface area contributed by atoms with Crippen LogP contribution in [0.2, 0.25) is 5.02 Å². The smallest absolute Gasteiger partial charge is 0.0834 e. The van der Waals surface area contributed by atoms with Crippen molar-refractivity contribution in [2.45, 2.75) is 45.2 Å². The number of nitrogens with zero attached hydrogens (tertiary/aromatic N) is 3. The van der Waals surface area contributed by atoms with Crippen LogP contribution in [0.4, 0.5) is 0 Å². The molecule has 1 aromatic rings. The summed E-state index contributed by atoms with van der Waals surface area (Å²) < 4.78 is 2.00. The van der Waals surface area contributed by atoms with Gasteiger partial charge in [0.05, 0.1) is 29.5 Å². The number of hydrogen-bond donors (Lipinski definition) is 2. The molecule has 3 N–H and O–H groups in total. The highest BCUT2D eigenvalue weighted by Crippen LogP contribution is 2.38. The molecule has 1 aromatic heterocycles. The van der Waals surface area contributed by atoms with Gasteiger partial charge >= 0.3 is 0 Å². The molecule has 0 amide bonds. The van der Waals surface area contributed by atoms with Crippen molar-refractivity contribution in [3.05, 3.63) is 16.9 Å². The van der Waals surface area contributed by atoms with Gasteiger partial charge in [-0.05, 0) is 38.8 Å². The highest BCUT2D eigenvalue weighted by Gasteiger charge is 2.30. The first kappa shape index (κ1) is 16.7. The van der Waals surface area contributed by atoms with Crippen LogP contribution >= 0.6 is 11.6 Å². The summed E-state index contributed by atoms with van der Waals surface area (Å²) in [6.45, 7) is 4.09. The minimum absolute atomic E-state index is 0.0923. The quantitative estimate of drug-likeness (QED) is 0.625. The van der Waals surface area contributed by atoms with Crippen molar-refractivity contribution in [2.24, 2.45) is 17.7 Å². The zero-order valence-electron chi connectivity index (χ0n) is 13.3. The summed E-state index contributed by atoms with van der Waals surface area (Å²) >= 11 is 6.39. The SMILES string of the molecule is CC1CCC(C(NN)c2c(Cl)cnn2CCN(C)C)CC1. The predicted molar refractivity (Wildman–Crippen MR) is 87.0 cm³/mol. The normalized spacial score (nSPS) is 24.5. The molecule has 1 heterocycles. The van der Waals surface area contributed by atoms with Crippen LogP contribution in [-0.4, -0.2) is 35.3 Å². The van der Waals surface area contributed by atoms with Gasteiger partial charge in [-0.3, -0.25) is 16.0 Å². The summed E-state index contributed by atoms with van der Waals surface area (Å²) in [6.07, 6.45) is 6.68. The van der Waals surface area contributed by atoms with Gasteiger partial charge in [-0.15, -0.1) is 0 Å². The Morgan fingerprint density at radius 2 is 2.10 bits per heavy atom. The highest BCUT2D eigenvalue weighted by atomic mass is 35.5. The van der Waals surface area contributed by atoms with Gasteiger partial charge in [0.2, 0.25) is 0 Å². The number of aromatic nitrogens is 2. The molecule has 2 rings (SSSR count). The van der Waals surface area contributed by atoms with E-state index >= 15 is 0 Å². The van der Waals surface area contributed by atoms with Crippen LogP contribution in [0.3, 0.4) is 0 Å². The van der Waals surface area contributed by atoms with E-state index in [0.717, 1.165) is 29.7 Å². The van der Waals surface area contributed by atoms with Gasteiger partial charge in [0, 0.05) is 6.54 Å². The molecular weight excluding hydrogens is 286 g/mol.